The van der Waals surface area contributed by atoms with Crippen LogP contribution in [-0.2, 0) is 6.42 Å². The van der Waals surface area contributed by atoms with Crippen LogP contribution in [0.2, 0.25) is 0 Å². The smallest absolute Gasteiger partial charge is 0.125 e. The zero-order chi connectivity index (χ0) is 14.7. The third kappa shape index (κ3) is 2.89. The minimum atomic E-state index is 0.322. The summed E-state index contributed by atoms with van der Waals surface area (Å²) in [5, 5.41) is 8.23. The van der Waals surface area contributed by atoms with E-state index in [4.69, 9.17) is 9.84 Å². The summed E-state index contributed by atoms with van der Waals surface area (Å²) in [5.41, 5.74) is 2.48. The molecule has 4 nitrogen and oxygen atoms in total. The molecule has 1 unspecified atom stereocenters. The van der Waals surface area contributed by atoms with Crippen molar-refractivity contribution in [3.8, 4) is 5.75 Å². The van der Waals surface area contributed by atoms with Gasteiger partial charge in [-0.05, 0) is 37.5 Å². The van der Waals surface area contributed by atoms with Gasteiger partial charge in [-0.25, -0.2) is 4.68 Å². The molecule has 0 saturated carbocycles. The van der Waals surface area contributed by atoms with Gasteiger partial charge in [0, 0.05) is 12.6 Å². The zero-order valence-electron chi connectivity index (χ0n) is 12.8. The number of anilines is 1. The van der Waals surface area contributed by atoms with Crippen molar-refractivity contribution in [2.45, 2.75) is 39.2 Å². The Morgan fingerprint density at radius 1 is 1.29 bits per heavy atom. The molecule has 0 aliphatic carbocycles. The van der Waals surface area contributed by atoms with E-state index in [9.17, 15) is 0 Å². The molecular formula is C17H23N3O. The average Bonchev–Trinajstić information content (AvgIpc) is 2.91. The lowest BCUT2D eigenvalue weighted by Gasteiger charge is -2.26. The van der Waals surface area contributed by atoms with Crippen LogP contribution in [0.4, 0.5) is 5.82 Å². The number of benzene rings is 1. The summed E-state index contributed by atoms with van der Waals surface area (Å²) >= 11 is 0. The Labute approximate surface area is 126 Å². The first-order chi connectivity index (χ1) is 10.3. The summed E-state index contributed by atoms with van der Waals surface area (Å²) in [6, 6.07) is 10.9. The van der Waals surface area contributed by atoms with Crippen molar-refractivity contribution in [3.05, 3.63) is 41.6 Å². The summed E-state index contributed by atoms with van der Waals surface area (Å²) < 4.78 is 7.66. The van der Waals surface area contributed by atoms with E-state index >= 15 is 0 Å². The number of ether oxygens (including phenoxy) is 1. The molecule has 0 fully saturated rings. The summed E-state index contributed by atoms with van der Waals surface area (Å²) in [6.45, 7) is 5.90. The monoisotopic (exact) mass is 285 g/mol. The lowest BCUT2D eigenvalue weighted by atomic mass is 10.0. The molecular weight excluding hydrogens is 262 g/mol. The number of hydrogen-bond acceptors (Lipinski definition) is 3. The van der Waals surface area contributed by atoms with Gasteiger partial charge in [0.1, 0.15) is 11.6 Å². The van der Waals surface area contributed by atoms with Crippen LogP contribution in [0.25, 0.3) is 0 Å². The maximum Gasteiger partial charge on any atom is 0.125 e. The number of nitrogens with one attached hydrogen (secondary N) is 1. The van der Waals surface area contributed by atoms with Gasteiger partial charge in [-0.3, -0.25) is 0 Å². The Hall–Kier alpha value is -1.97. The molecule has 0 radical (unpaired) electrons. The first kappa shape index (κ1) is 14.0. The van der Waals surface area contributed by atoms with Crippen LogP contribution < -0.4 is 10.1 Å². The van der Waals surface area contributed by atoms with E-state index in [0.717, 1.165) is 37.4 Å². The maximum absolute atomic E-state index is 5.52. The van der Waals surface area contributed by atoms with Crippen molar-refractivity contribution >= 4 is 5.82 Å². The van der Waals surface area contributed by atoms with Crippen molar-refractivity contribution < 1.29 is 4.74 Å². The second-order valence-corrected chi connectivity index (χ2v) is 5.45. The zero-order valence-corrected chi connectivity index (χ0v) is 12.8. The van der Waals surface area contributed by atoms with E-state index in [-0.39, 0.29) is 0 Å². The molecule has 1 N–H and O–H groups in total. The van der Waals surface area contributed by atoms with Crippen molar-refractivity contribution in [2.24, 2.45) is 0 Å². The fraction of sp³-hybridized carbons (Fsp3) is 0.471. The first-order valence-corrected chi connectivity index (χ1v) is 7.87. The van der Waals surface area contributed by atoms with Gasteiger partial charge in [0.2, 0.25) is 0 Å². The first-order valence-electron chi connectivity index (χ1n) is 7.87. The van der Waals surface area contributed by atoms with Gasteiger partial charge in [-0.15, -0.1) is 0 Å². The second kappa shape index (κ2) is 6.20. The quantitative estimate of drug-likeness (QED) is 0.911. The fourth-order valence-electron chi connectivity index (χ4n) is 2.91. The predicted molar refractivity (Wildman–Crippen MR) is 85.1 cm³/mol. The number of aryl methyl sites for hydroxylation is 1. The molecule has 0 saturated heterocycles. The lowest BCUT2D eigenvalue weighted by molar-refractivity contribution is 0.340. The number of hydrogen-bond donors (Lipinski definition) is 1. The summed E-state index contributed by atoms with van der Waals surface area (Å²) in [6.07, 6.45) is 3.23. The normalized spacial score (nSPS) is 17.1. The molecule has 3 rings (SSSR count). The third-order valence-electron chi connectivity index (χ3n) is 3.89. The molecule has 112 valence electrons. The Bertz CT molecular complexity index is 589. The molecule has 2 heterocycles. The van der Waals surface area contributed by atoms with Crippen LogP contribution in [0.3, 0.4) is 0 Å². The van der Waals surface area contributed by atoms with Crippen molar-refractivity contribution in [3.63, 3.8) is 0 Å². The molecule has 1 aromatic carbocycles. The number of nitrogens with zero attached hydrogens (tertiary/aromatic N) is 2. The van der Waals surface area contributed by atoms with E-state index < -0.39 is 0 Å². The molecule has 21 heavy (non-hydrogen) atoms. The number of aromatic nitrogens is 2. The largest absolute Gasteiger partial charge is 0.494 e. The topological polar surface area (TPSA) is 39.1 Å². The van der Waals surface area contributed by atoms with Crippen molar-refractivity contribution in [1.82, 2.24) is 9.78 Å². The molecule has 1 atom stereocenters. The van der Waals surface area contributed by atoms with E-state index in [2.05, 4.69) is 47.3 Å². The van der Waals surface area contributed by atoms with Crippen LogP contribution in [-0.4, -0.2) is 22.9 Å². The SMILES string of the molecule is CCCc1cc2n(n1)C(c1ccc(OCC)cc1)CCN2. The predicted octanol–water partition coefficient (Wildman–Crippen LogP) is 3.64. The minimum Gasteiger partial charge on any atom is -0.494 e. The summed E-state index contributed by atoms with van der Waals surface area (Å²) in [5.74, 6) is 2.08. The fourth-order valence-corrected chi connectivity index (χ4v) is 2.91. The van der Waals surface area contributed by atoms with Gasteiger partial charge in [-0.1, -0.05) is 25.5 Å². The van der Waals surface area contributed by atoms with Crippen LogP contribution in [0, 0.1) is 0 Å². The summed E-state index contributed by atoms with van der Waals surface area (Å²) in [4.78, 5) is 0. The highest BCUT2D eigenvalue weighted by Gasteiger charge is 2.22. The highest BCUT2D eigenvalue weighted by atomic mass is 16.5. The van der Waals surface area contributed by atoms with Gasteiger partial charge < -0.3 is 10.1 Å². The van der Waals surface area contributed by atoms with Crippen LogP contribution in [0.5, 0.6) is 5.75 Å². The highest BCUT2D eigenvalue weighted by Crippen LogP contribution is 2.31. The van der Waals surface area contributed by atoms with Gasteiger partial charge in [-0.2, -0.15) is 5.10 Å². The second-order valence-electron chi connectivity index (χ2n) is 5.45. The Morgan fingerprint density at radius 2 is 2.10 bits per heavy atom. The third-order valence-corrected chi connectivity index (χ3v) is 3.89. The molecule has 1 aliphatic heterocycles. The molecule has 0 spiro atoms. The van der Waals surface area contributed by atoms with Gasteiger partial charge in [0.25, 0.3) is 0 Å². The van der Waals surface area contributed by atoms with E-state index in [1.54, 1.807) is 0 Å². The van der Waals surface area contributed by atoms with Crippen LogP contribution in [0.1, 0.15) is 44.0 Å². The van der Waals surface area contributed by atoms with Gasteiger partial charge in [0.15, 0.2) is 0 Å². The van der Waals surface area contributed by atoms with Gasteiger partial charge >= 0.3 is 0 Å². The van der Waals surface area contributed by atoms with Crippen LogP contribution >= 0.6 is 0 Å². The maximum atomic E-state index is 5.52. The lowest BCUT2D eigenvalue weighted by Crippen LogP contribution is -2.24. The Kier molecular flexibility index (Phi) is 4.13. The van der Waals surface area contributed by atoms with E-state index in [1.165, 1.54) is 11.3 Å². The van der Waals surface area contributed by atoms with Crippen molar-refractivity contribution in [1.29, 1.82) is 0 Å². The molecule has 1 aromatic heterocycles. The van der Waals surface area contributed by atoms with Crippen molar-refractivity contribution in [2.75, 3.05) is 18.5 Å². The number of fused-ring (bicyclic) bond motifs is 1. The standard InChI is InChI=1S/C17H23N3O/c1-3-5-14-12-17-18-11-10-16(20(17)19-14)13-6-8-15(9-7-13)21-4-2/h6-9,12,16,18H,3-5,10-11H2,1-2H3. The Balaban J connectivity index is 1.86. The number of rotatable bonds is 5. The van der Waals surface area contributed by atoms with Crippen LogP contribution in [0.15, 0.2) is 30.3 Å². The summed E-state index contributed by atoms with van der Waals surface area (Å²) in [7, 11) is 0. The average molecular weight is 285 g/mol. The highest BCUT2D eigenvalue weighted by molar-refractivity contribution is 5.42. The molecule has 0 amide bonds. The van der Waals surface area contributed by atoms with E-state index in [0.29, 0.717) is 12.6 Å². The van der Waals surface area contributed by atoms with Gasteiger partial charge in [0.05, 0.1) is 18.3 Å². The molecule has 0 bridgehead atoms. The minimum absolute atomic E-state index is 0.322. The van der Waals surface area contributed by atoms with E-state index in [1.807, 2.05) is 6.92 Å². The molecule has 4 heteroatoms. The molecule has 2 aromatic rings. The molecule has 1 aliphatic rings. The Morgan fingerprint density at radius 3 is 2.81 bits per heavy atom.